The number of fused-ring (bicyclic) bond motifs is 2. The molecule has 0 spiro atoms. The average molecular weight is 604 g/mol. The fourth-order valence-corrected chi connectivity index (χ4v) is 6.38. The fraction of sp³-hybridized carbons (Fsp3) is 0.278. The topological polar surface area (TPSA) is 112 Å². The van der Waals surface area contributed by atoms with Crippen LogP contribution in [0.15, 0.2) is 104 Å². The number of para-hydroxylation sites is 1. The number of carbonyl (C=O) groups excluding carboxylic acids is 2. The highest BCUT2D eigenvalue weighted by molar-refractivity contribution is 6.09. The lowest BCUT2D eigenvalue weighted by molar-refractivity contribution is -0.139. The van der Waals surface area contributed by atoms with E-state index in [1.807, 2.05) is 92.0 Å². The predicted octanol–water partition coefficient (Wildman–Crippen LogP) is 5.02. The summed E-state index contributed by atoms with van der Waals surface area (Å²) < 4.78 is 1.73. The molecule has 1 unspecified atom stereocenters. The Balaban J connectivity index is 1.22. The molecule has 2 N–H and O–H groups in total. The minimum Gasteiger partial charge on any atom is -0.395 e. The minimum absolute atomic E-state index is 0.0252. The standard InChI is InChI=1S/C36H37N5O4/c1-3-20-40-33-18-17-28(41-32-15-8-7-14-27(32)16-19-34(41)43)22-30(33)36(45,35(40)44)25(2)11-9-10-21-39-23-31(37-38-39)29(24-42)26-12-5-4-6-13-26/h3-9,11-15,17-18,22-23,25,29,42,45H,1,10,16,19-21,24H2,2H3/b11-9+/t25-,29?,36+/m1/s1. The van der Waals surface area contributed by atoms with Crippen molar-refractivity contribution in [1.82, 2.24) is 15.0 Å². The largest absolute Gasteiger partial charge is 0.395 e. The Morgan fingerprint density at radius 3 is 2.58 bits per heavy atom. The van der Waals surface area contributed by atoms with E-state index in [1.54, 1.807) is 26.6 Å². The molecular weight excluding hydrogens is 566 g/mol. The maximum Gasteiger partial charge on any atom is 0.264 e. The van der Waals surface area contributed by atoms with E-state index in [0.717, 1.165) is 16.8 Å². The van der Waals surface area contributed by atoms with Crippen LogP contribution in [0.5, 0.6) is 0 Å². The Kier molecular flexibility index (Phi) is 8.47. The molecule has 45 heavy (non-hydrogen) atoms. The van der Waals surface area contributed by atoms with Crippen molar-refractivity contribution in [2.75, 3.05) is 23.0 Å². The number of allylic oxidation sites excluding steroid dienone is 1. The quantitative estimate of drug-likeness (QED) is 0.233. The molecule has 3 aromatic carbocycles. The number of aromatic nitrogens is 3. The summed E-state index contributed by atoms with van der Waals surface area (Å²) in [4.78, 5) is 30.2. The molecule has 0 saturated heterocycles. The molecule has 2 aliphatic heterocycles. The van der Waals surface area contributed by atoms with Gasteiger partial charge in [-0.25, -0.2) is 0 Å². The second-order valence-corrected chi connectivity index (χ2v) is 11.6. The highest BCUT2D eigenvalue weighted by atomic mass is 16.3. The van der Waals surface area contributed by atoms with Crippen LogP contribution in [-0.4, -0.2) is 50.2 Å². The van der Waals surface area contributed by atoms with Crippen LogP contribution in [0.4, 0.5) is 17.1 Å². The Bertz CT molecular complexity index is 1750. The highest BCUT2D eigenvalue weighted by Gasteiger charge is 2.52. The Morgan fingerprint density at radius 2 is 1.80 bits per heavy atom. The number of nitrogens with zero attached hydrogens (tertiary/aromatic N) is 5. The summed E-state index contributed by atoms with van der Waals surface area (Å²) in [7, 11) is 0. The van der Waals surface area contributed by atoms with E-state index >= 15 is 0 Å². The molecule has 9 nitrogen and oxygen atoms in total. The summed E-state index contributed by atoms with van der Waals surface area (Å²) >= 11 is 0. The first-order valence-corrected chi connectivity index (χ1v) is 15.3. The van der Waals surface area contributed by atoms with Crippen molar-refractivity contribution in [3.8, 4) is 0 Å². The first kappa shape index (κ1) is 30.2. The van der Waals surface area contributed by atoms with E-state index in [1.165, 1.54) is 0 Å². The zero-order chi connectivity index (χ0) is 31.6. The molecule has 6 rings (SSSR count). The lowest BCUT2D eigenvalue weighted by atomic mass is 9.82. The van der Waals surface area contributed by atoms with Gasteiger partial charge in [-0.3, -0.25) is 19.2 Å². The van der Waals surface area contributed by atoms with Gasteiger partial charge in [-0.15, -0.1) is 11.7 Å². The number of hydrogen-bond donors (Lipinski definition) is 2. The maximum atomic E-state index is 13.8. The van der Waals surface area contributed by atoms with E-state index in [2.05, 4.69) is 16.9 Å². The van der Waals surface area contributed by atoms with Crippen molar-refractivity contribution in [3.05, 3.63) is 126 Å². The van der Waals surface area contributed by atoms with Crippen molar-refractivity contribution in [2.45, 2.75) is 44.2 Å². The summed E-state index contributed by atoms with van der Waals surface area (Å²) in [5.74, 6) is -1.27. The van der Waals surface area contributed by atoms with E-state index in [0.29, 0.717) is 48.4 Å². The third-order valence-electron chi connectivity index (χ3n) is 8.82. The summed E-state index contributed by atoms with van der Waals surface area (Å²) in [6, 6.07) is 23.0. The summed E-state index contributed by atoms with van der Waals surface area (Å²) in [5, 5.41) is 30.6. The molecule has 0 saturated carbocycles. The SMILES string of the molecule is C=CCN1C(=O)[C@](O)([C@H](C)/C=C/CCn2cc(C(CO)c3ccccc3)nn2)c2cc(N3C(=O)CCc4ccccc43)ccc21. The molecule has 4 aromatic rings. The zero-order valence-corrected chi connectivity index (χ0v) is 25.3. The third-order valence-corrected chi connectivity index (χ3v) is 8.82. The van der Waals surface area contributed by atoms with Gasteiger partial charge in [0.05, 0.1) is 29.6 Å². The van der Waals surface area contributed by atoms with Crippen molar-refractivity contribution in [1.29, 1.82) is 0 Å². The molecule has 3 atom stereocenters. The second-order valence-electron chi connectivity index (χ2n) is 11.6. The van der Waals surface area contributed by atoms with Crippen molar-refractivity contribution in [3.63, 3.8) is 0 Å². The molecule has 0 bridgehead atoms. The highest BCUT2D eigenvalue weighted by Crippen LogP contribution is 2.47. The molecule has 0 radical (unpaired) electrons. The van der Waals surface area contributed by atoms with Crippen LogP contribution in [0.2, 0.25) is 0 Å². The summed E-state index contributed by atoms with van der Waals surface area (Å²) in [6.07, 6.45) is 8.92. The first-order chi connectivity index (χ1) is 21.9. The van der Waals surface area contributed by atoms with Gasteiger partial charge in [0.2, 0.25) is 5.91 Å². The van der Waals surface area contributed by atoms with Crippen LogP contribution < -0.4 is 9.80 Å². The maximum absolute atomic E-state index is 13.8. The van der Waals surface area contributed by atoms with E-state index < -0.39 is 17.4 Å². The Morgan fingerprint density at radius 1 is 1.02 bits per heavy atom. The van der Waals surface area contributed by atoms with Gasteiger partial charge in [0, 0.05) is 42.9 Å². The second kappa shape index (κ2) is 12.6. The van der Waals surface area contributed by atoms with E-state index in [-0.39, 0.29) is 25.0 Å². The smallest absolute Gasteiger partial charge is 0.264 e. The number of aryl methyl sites for hydroxylation is 2. The van der Waals surface area contributed by atoms with Gasteiger partial charge in [-0.2, -0.15) is 0 Å². The number of aliphatic hydroxyl groups excluding tert-OH is 1. The van der Waals surface area contributed by atoms with Crippen molar-refractivity contribution in [2.24, 2.45) is 5.92 Å². The molecule has 2 amide bonds. The van der Waals surface area contributed by atoms with Crippen LogP contribution in [0.25, 0.3) is 0 Å². The molecule has 230 valence electrons. The number of benzene rings is 3. The molecule has 0 aliphatic carbocycles. The average Bonchev–Trinajstić information content (AvgIpc) is 3.61. The Labute approximate surface area is 262 Å². The lowest BCUT2D eigenvalue weighted by Crippen LogP contribution is -2.44. The first-order valence-electron chi connectivity index (χ1n) is 15.3. The predicted molar refractivity (Wildman–Crippen MR) is 173 cm³/mol. The number of hydrogen-bond acceptors (Lipinski definition) is 6. The lowest BCUT2D eigenvalue weighted by Gasteiger charge is -2.31. The van der Waals surface area contributed by atoms with Crippen LogP contribution in [0, 0.1) is 5.92 Å². The van der Waals surface area contributed by atoms with E-state index in [9.17, 15) is 19.8 Å². The fourth-order valence-electron chi connectivity index (χ4n) is 6.38. The molecule has 3 heterocycles. The molecule has 0 fully saturated rings. The number of amides is 2. The van der Waals surface area contributed by atoms with Gasteiger partial charge in [0.25, 0.3) is 5.91 Å². The normalized spacial score (nSPS) is 19.1. The van der Waals surface area contributed by atoms with Crippen LogP contribution in [0.3, 0.4) is 0 Å². The number of anilines is 3. The van der Waals surface area contributed by atoms with Crippen LogP contribution in [-0.2, 0) is 28.2 Å². The minimum atomic E-state index is -1.83. The summed E-state index contributed by atoms with van der Waals surface area (Å²) in [5.41, 5.74) is 3.44. The van der Waals surface area contributed by atoms with Crippen molar-refractivity contribution >= 4 is 28.9 Å². The summed E-state index contributed by atoms with van der Waals surface area (Å²) in [6.45, 7) is 6.34. The van der Waals surface area contributed by atoms with Crippen molar-refractivity contribution < 1.29 is 19.8 Å². The van der Waals surface area contributed by atoms with Gasteiger partial charge < -0.3 is 15.1 Å². The van der Waals surface area contributed by atoms with Gasteiger partial charge in [0.1, 0.15) is 0 Å². The number of aliphatic hydroxyl groups is 2. The number of rotatable bonds is 11. The molecule has 1 aromatic heterocycles. The third kappa shape index (κ3) is 5.49. The van der Waals surface area contributed by atoms with Gasteiger partial charge >= 0.3 is 0 Å². The van der Waals surface area contributed by atoms with Crippen LogP contribution in [0.1, 0.15) is 48.1 Å². The zero-order valence-electron chi connectivity index (χ0n) is 25.3. The van der Waals surface area contributed by atoms with Gasteiger partial charge in [-0.1, -0.05) is 78.9 Å². The van der Waals surface area contributed by atoms with Gasteiger partial charge in [0.15, 0.2) is 5.60 Å². The molecule has 9 heteroatoms. The molecule has 2 aliphatic rings. The number of carbonyl (C=O) groups is 2. The Hall–Kier alpha value is -4.86. The monoisotopic (exact) mass is 603 g/mol. The van der Waals surface area contributed by atoms with Crippen LogP contribution >= 0.6 is 0 Å². The molecular formula is C36H37N5O4. The van der Waals surface area contributed by atoms with Gasteiger partial charge in [-0.05, 0) is 48.2 Å². The van der Waals surface area contributed by atoms with E-state index in [4.69, 9.17) is 0 Å².